The number of carbonyl (C=O) groups is 4. The van der Waals surface area contributed by atoms with Gasteiger partial charge in [0, 0.05) is 56.0 Å². The highest BCUT2D eigenvalue weighted by Crippen LogP contribution is 2.40. The van der Waals surface area contributed by atoms with E-state index in [1.54, 1.807) is 48.5 Å². The Balaban J connectivity index is 1.12. The van der Waals surface area contributed by atoms with Gasteiger partial charge in [-0.15, -0.1) is 0 Å². The number of nitrogens with one attached hydrogen (secondary N) is 2. The summed E-state index contributed by atoms with van der Waals surface area (Å²) in [5, 5.41) is 47.5. The number of anilines is 4. The minimum atomic E-state index is -1.75. The molecule has 4 aliphatic heterocycles. The van der Waals surface area contributed by atoms with Crippen molar-refractivity contribution in [2.75, 3.05) is 79.5 Å². The zero-order valence-electron chi connectivity index (χ0n) is 40.0. The number of fused-ring (bicyclic) bond motifs is 2. The summed E-state index contributed by atoms with van der Waals surface area (Å²) in [6, 6.07) is 14.6. The number of benzene rings is 2. The molecule has 0 radical (unpaired) electrons. The maximum absolute atomic E-state index is 15.2. The lowest BCUT2D eigenvalue weighted by atomic mass is 10.0. The highest BCUT2D eigenvalue weighted by molar-refractivity contribution is 6.08. The first kappa shape index (κ1) is 50.2. The van der Waals surface area contributed by atoms with Gasteiger partial charge in [-0.2, -0.15) is 0 Å². The molecular formula is C50H60F2N8O10. The third-order valence-electron chi connectivity index (χ3n) is 13.1. The topological polar surface area (TPSA) is 230 Å². The summed E-state index contributed by atoms with van der Waals surface area (Å²) in [5.41, 5.74) is 0.706. The zero-order valence-corrected chi connectivity index (χ0v) is 40.0. The number of alkyl halides is 2. The van der Waals surface area contributed by atoms with Crippen LogP contribution in [0.5, 0.6) is 0 Å². The predicted octanol–water partition coefficient (Wildman–Crippen LogP) is 4.63. The van der Waals surface area contributed by atoms with E-state index in [1.807, 2.05) is 9.80 Å². The van der Waals surface area contributed by atoms with E-state index >= 15 is 8.78 Å². The first-order valence-corrected chi connectivity index (χ1v) is 23.4. The monoisotopic (exact) mass is 970 g/mol. The number of rotatable bonds is 15. The molecule has 374 valence electrons. The Labute approximate surface area is 404 Å². The van der Waals surface area contributed by atoms with Crippen LogP contribution in [0.3, 0.4) is 0 Å². The van der Waals surface area contributed by atoms with Gasteiger partial charge in [-0.1, -0.05) is 12.1 Å². The van der Waals surface area contributed by atoms with Gasteiger partial charge in [0.1, 0.15) is 29.8 Å². The molecule has 5 atom stereocenters. The van der Waals surface area contributed by atoms with Crippen molar-refractivity contribution in [3.05, 3.63) is 105 Å². The number of hydrogen-bond donors (Lipinski definition) is 6. The first-order valence-electron chi connectivity index (χ1n) is 23.4. The Morgan fingerprint density at radius 3 is 1.79 bits per heavy atom. The summed E-state index contributed by atoms with van der Waals surface area (Å²) in [7, 11) is 0. The fraction of sp³-hybridized carbons (Fsp3) is 0.480. The van der Waals surface area contributed by atoms with Crippen molar-refractivity contribution >= 4 is 46.4 Å². The van der Waals surface area contributed by atoms with Crippen LogP contribution in [0.1, 0.15) is 130 Å². The van der Waals surface area contributed by atoms with Crippen LogP contribution in [0.15, 0.2) is 54.6 Å². The van der Waals surface area contributed by atoms with Crippen LogP contribution >= 0.6 is 0 Å². The zero-order chi connectivity index (χ0) is 50.4. The van der Waals surface area contributed by atoms with Crippen LogP contribution in [-0.2, 0) is 22.6 Å². The Hall–Kier alpha value is -6.16. The Morgan fingerprint density at radius 1 is 0.729 bits per heavy atom. The average molecular weight is 971 g/mol. The van der Waals surface area contributed by atoms with E-state index in [2.05, 4.69) is 20.6 Å². The molecule has 2 saturated heterocycles. The van der Waals surface area contributed by atoms with Crippen LogP contribution in [0.25, 0.3) is 0 Å². The molecule has 2 aromatic heterocycles. The van der Waals surface area contributed by atoms with Crippen LogP contribution < -0.4 is 20.4 Å². The molecule has 4 amide bonds. The largest absolute Gasteiger partial charge is 0.387 e. The van der Waals surface area contributed by atoms with Crippen molar-refractivity contribution in [2.45, 2.75) is 96.5 Å². The molecule has 70 heavy (non-hydrogen) atoms. The van der Waals surface area contributed by atoms with Gasteiger partial charge in [-0.3, -0.25) is 19.2 Å². The number of halogens is 2. The number of aliphatic hydroxyl groups is 4. The van der Waals surface area contributed by atoms with Gasteiger partial charge in [0.2, 0.25) is 0 Å². The maximum Gasteiger partial charge on any atom is 0.274 e. The molecule has 4 aliphatic rings. The van der Waals surface area contributed by atoms with Crippen molar-refractivity contribution < 1.29 is 57.9 Å². The van der Waals surface area contributed by atoms with E-state index in [-0.39, 0.29) is 74.2 Å². The smallest absolute Gasteiger partial charge is 0.274 e. The number of aliphatic hydroxyl groups excluding tert-OH is 2. The van der Waals surface area contributed by atoms with Crippen molar-refractivity contribution in [2.24, 2.45) is 0 Å². The SMILES string of the molecule is C[C@H](O)c1ccc(C2CN(c3cc4c(cc3NC(=O)c3cccc([C@@H](C)O)n3)CN(C[C@@H](F)C(C)(C)O)C4=O)CCO2)c(C(=O)Nc2cc3c(cc2N2CCOCC2)C(=O)N(C[C@@H](F)C(C)(C)O)C3)n1. The lowest BCUT2D eigenvalue weighted by Crippen LogP contribution is -2.42. The molecule has 6 heterocycles. The van der Waals surface area contributed by atoms with E-state index in [4.69, 9.17) is 9.47 Å². The van der Waals surface area contributed by atoms with E-state index in [0.29, 0.717) is 71.3 Å². The summed E-state index contributed by atoms with van der Waals surface area (Å²) in [5.74, 6) is -2.12. The molecular weight excluding hydrogens is 911 g/mol. The van der Waals surface area contributed by atoms with Gasteiger partial charge in [0.15, 0.2) is 0 Å². The van der Waals surface area contributed by atoms with Crippen LogP contribution in [-0.4, -0.2) is 146 Å². The second-order valence-electron chi connectivity index (χ2n) is 19.5. The second kappa shape index (κ2) is 19.9. The fourth-order valence-electron chi connectivity index (χ4n) is 8.87. The number of morpholine rings is 2. The molecule has 0 saturated carbocycles. The number of hydrogen-bond acceptors (Lipinski definition) is 14. The molecule has 6 N–H and O–H groups in total. The Kier molecular flexibility index (Phi) is 14.3. The number of nitrogens with zero attached hydrogens (tertiary/aromatic N) is 6. The molecule has 0 spiro atoms. The highest BCUT2D eigenvalue weighted by Gasteiger charge is 2.39. The summed E-state index contributed by atoms with van der Waals surface area (Å²) < 4.78 is 42.2. The molecule has 20 heteroatoms. The normalized spacial score (nSPS) is 19.2. The van der Waals surface area contributed by atoms with Crippen molar-refractivity contribution in [3.63, 3.8) is 0 Å². The predicted molar refractivity (Wildman–Crippen MR) is 254 cm³/mol. The van der Waals surface area contributed by atoms with Gasteiger partial charge in [0.25, 0.3) is 23.6 Å². The maximum atomic E-state index is 15.2. The summed E-state index contributed by atoms with van der Waals surface area (Å²) in [6.07, 6.45) is -6.31. The van der Waals surface area contributed by atoms with E-state index in [1.165, 1.54) is 57.4 Å². The van der Waals surface area contributed by atoms with Crippen molar-refractivity contribution in [1.82, 2.24) is 19.8 Å². The minimum absolute atomic E-state index is 0.0151. The third kappa shape index (κ3) is 10.6. The van der Waals surface area contributed by atoms with Crippen LogP contribution in [0, 0.1) is 0 Å². The molecule has 2 fully saturated rings. The fourth-order valence-corrected chi connectivity index (χ4v) is 8.87. The van der Waals surface area contributed by atoms with Gasteiger partial charge >= 0.3 is 0 Å². The number of aromatic nitrogens is 2. The van der Waals surface area contributed by atoms with Gasteiger partial charge in [0.05, 0.1) is 90.5 Å². The molecule has 8 rings (SSSR count). The van der Waals surface area contributed by atoms with E-state index < -0.39 is 65.5 Å². The van der Waals surface area contributed by atoms with Crippen LogP contribution in [0.2, 0.25) is 0 Å². The van der Waals surface area contributed by atoms with E-state index in [0.717, 1.165) is 0 Å². The quantitative estimate of drug-likeness (QED) is 0.0955. The standard InChI is InChI=1S/C50H60F2N8O10/c1-27(61)34-8-7-9-36(53-34)45(63)55-38-19-30-23-60(26-43(52)50(5,6)68)48(66)33(30)21-40(38)58-14-17-70-41(24-58)31-10-11-35(28(2)62)54-44(31)46(64)56-37-18-29-22-59(25-42(51)49(3,4)67)47(65)32(29)20-39(37)57-12-15-69-16-13-57/h7-11,18-21,27-28,41-43,61-62,67-68H,12-17,22-26H2,1-6H3,(H,55,63)(H,56,64)/t27-,28+,41?,42-,43-/m1/s1. The van der Waals surface area contributed by atoms with Gasteiger partial charge in [-0.25, -0.2) is 18.7 Å². The molecule has 18 nitrogen and oxygen atoms in total. The lowest BCUT2D eigenvalue weighted by Gasteiger charge is -2.36. The highest BCUT2D eigenvalue weighted by atomic mass is 19.1. The molecule has 0 bridgehead atoms. The van der Waals surface area contributed by atoms with Crippen LogP contribution in [0.4, 0.5) is 31.5 Å². The number of ether oxygens (including phenoxy) is 2. The van der Waals surface area contributed by atoms with Crippen molar-refractivity contribution in [1.29, 1.82) is 0 Å². The van der Waals surface area contributed by atoms with Gasteiger partial charge in [-0.05, 0) is 95.1 Å². The van der Waals surface area contributed by atoms with Gasteiger partial charge < -0.3 is 60.1 Å². The minimum Gasteiger partial charge on any atom is -0.387 e. The summed E-state index contributed by atoms with van der Waals surface area (Å²) >= 11 is 0. The summed E-state index contributed by atoms with van der Waals surface area (Å²) in [6.45, 7) is 9.88. The summed E-state index contributed by atoms with van der Waals surface area (Å²) in [4.78, 5) is 71.6. The first-order chi connectivity index (χ1) is 33.1. The third-order valence-corrected chi connectivity index (χ3v) is 13.1. The molecule has 1 unspecified atom stereocenters. The number of pyridine rings is 2. The average Bonchev–Trinajstić information content (AvgIpc) is 3.79. The number of carbonyl (C=O) groups excluding carboxylic acids is 4. The van der Waals surface area contributed by atoms with Crippen molar-refractivity contribution in [3.8, 4) is 0 Å². The van der Waals surface area contributed by atoms with E-state index in [9.17, 15) is 39.6 Å². The Morgan fingerprint density at radius 2 is 1.24 bits per heavy atom. The Bertz CT molecular complexity index is 2670. The molecule has 2 aromatic carbocycles. The second-order valence-corrected chi connectivity index (χ2v) is 19.5. The molecule has 4 aromatic rings. The molecule has 0 aliphatic carbocycles. The number of amides is 4. The lowest BCUT2D eigenvalue weighted by molar-refractivity contribution is -0.0163.